The molecular formula is C16H17O. The standard InChI is InChI=1S/C16H17O/c1-3-12-17-16-10-8-15(9-11-16)14-6-4-13(2)5-7-14/h4-11H,2-3,12H2,1H3. The molecule has 1 nitrogen and oxygen atoms in total. The summed E-state index contributed by atoms with van der Waals surface area (Å²) in [5, 5.41) is 0. The fraction of sp³-hybridized carbons (Fsp3) is 0.188. The molecule has 0 saturated heterocycles. The highest BCUT2D eigenvalue weighted by atomic mass is 16.5. The minimum atomic E-state index is 0.773. The molecule has 0 spiro atoms. The van der Waals surface area contributed by atoms with Crippen LogP contribution in [0.15, 0.2) is 48.5 Å². The normalized spacial score (nSPS) is 10.2. The lowest BCUT2D eigenvalue weighted by Gasteiger charge is -2.06. The third kappa shape index (κ3) is 3.10. The van der Waals surface area contributed by atoms with Crippen LogP contribution >= 0.6 is 0 Å². The predicted octanol–water partition coefficient (Wildman–Crippen LogP) is 4.32. The number of benzene rings is 2. The van der Waals surface area contributed by atoms with Gasteiger partial charge < -0.3 is 4.74 Å². The first-order chi connectivity index (χ1) is 8.29. The molecule has 1 heteroatoms. The first-order valence-electron chi connectivity index (χ1n) is 5.95. The zero-order valence-corrected chi connectivity index (χ0v) is 10.1. The quantitative estimate of drug-likeness (QED) is 0.752. The van der Waals surface area contributed by atoms with Crippen LogP contribution in [-0.2, 0) is 0 Å². The molecule has 0 N–H and O–H groups in total. The van der Waals surface area contributed by atoms with Crippen molar-refractivity contribution in [1.29, 1.82) is 0 Å². The molecule has 2 aromatic rings. The van der Waals surface area contributed by atoms with E-state index in [0.717, 1.165) is 24.3 Å². The van der Waals surface area contributed by atoms with Gasteiger partial charge in [0.25, 0.3) is 0 Å². The van der Waals surface area contributed by atoms with E-state index in [9.17, 15) is 0 Å². The highest BCUT2D eigenvalue weighted by molar-refractivity contribution is 5.64. The van der Waals surface area contributed by atoms with Crippen molar-refractivity contribution in [2.24, 2.45) is 0 Å². The topological polar surface area (TPSA) is 9.23 Å². The summed E-state index contributed by atoms with van der Waals surface area (Å²) >= 11 is 0. The number of rotatable bonds is 4. The molecule has 0 aliphatic heterocycles. The molecule has 0 saturated carbocycles. The molecule has 0 bridgehead atoms. The van der Waals surface area contributed by atoms with Gasteiger partial charge in [-0.1, -0.05) is 43.3 Å². The van der Waals surface area contributed by atoms with Gasteiger partial charge in [0.15, 0.2) is 0 Å². The van der Waals surface area contributed by atoms with Crippen molar-refractivity contribution < 1.29 is 4.74 Å². The second-order valence-corrected chi connectivity index (χ2v) is 4.07. The summed E-state index contributed by atoms with van der Waals surface area (Å²) in [6.07, 6.45) is 1.03. The lowest BCUT2D eigenvalue weighted by atomic mass is 10.0. The number of hydrogen-bond acceptors (Lipinski definition) is 1. The van der Waals surface area contributed by atoms with Gasteiger partial charge >= 0.3 is 0 Å². The maximum Gasteiger partial charge on any atom is 0.119 e. The average Bonchev–Trinajstić information content (AvgIpc) is 2.38. The van der Waals surface area contributed by atoms with Crippen molar-refractivity contribution in [3.63, 3.8) is 0 Å². The molecule has 0 heterocycles. The Hall–Kier alpha value is -1.76. The van der Waals surface area contributed by atoms with E-state index in [-0.39, 0.29) is 0 Å². The summed E-state index contributed by atoms with van der Waals surface area (Å²) in [5.41, 5.74) is 3.45. The van der Waals surface area contributed by atoms with Gasteiger partial charge in [-0.05, 0) is 42.2 Å². The fourth-order valence-electron chi connectivity index (χ4n) is 1.66. The summed E-state index contributed by atoms with van der Waals surface area (Å²) in [4.78, 5) is 0. The Labute approximate surface area is 103 Å². The van der Waals surface area contributed by atoms with E-state index < -0.39 is 0 Å². The van der Waals surface area contributed by atoms with Crippen LogP contribution in [0, 0.1) is 6.92 Å². The van der Waals surface area contributed by atoms with Crippen molar-refractivity contribution in [3.8, 4) is 16.9 Å². The van der Waals surface area contributed by atoms with Crippen LogP contribution in [0.25, 0.3) is 11.1 Å². The van der Waals surface area contributed by atoms with Gasteiger partial charge in [-0.25, -0.2) is 0 Å². The largest absolute Gasteiger partial charge is 0.494 e. The molecule has 0 aliphatic rings. The Morgan fingerprint density at radius 3 is 1.94 bits per heavy atom. The highest BCUT2D eigenvalue weighted by Crippen LogP contribution is 2.22. The summed E-state index contributed by atoms with van der Waals surface area (Å²) in [6, 6.07) is 16.4. The molecule has 17 heavy (non-hydrogen) atoms. The second-order valence-electron chi connectivity index (χ2n) is 4.07. The van der Waals surface area contributed by atoms with E-state index in [0.29, 0.717) is 0 Å². The van der Waals surface area contributed by atoms with Crippen LogP contribution in [0.4, 0.5) is 0 Å². The smallest absolute Gasteiger partial charge is 0.119 e. The van der Waals surface area contributed by atoms with Crippen molar-refractivity contribution >= 4 is 0 Å². The summed E-state index contributed by atoms with van der Waals surface area (Å²) < 4.78 is 5.56. The summed E-state index contributed by atoms with van der Waals surface area (Å²) in [6.45, 7) is 6.76. The van der Waals surface area contributed by atoms with Crippen LogP contribution in [0.1, 0.15) is 18.9 Å². The molecule has 0 fully saturated rings. The third-order valence-corrected chi connectivity index (χ3v) is 2.61. The van der Waals surface area contributed by atoms with E-state index in [1.807, 2.05) is 24.3 Å². The van der Waals surface area contributed by atoms with Gasteiger partial charge in [-0.15, -0.1) is 0 Å². The third-order valence-electron chi connectivity index (χ3n) is 2.61. The minimum Gasteiger partial charge on any atom is -0.494 e. The zero-order chi connectivity index (χ0) is 12.1. The molecule has 2 aromatic carbocycles. The van der Waals surface area contributed by atoms with Crippen LogP contribution in [-0.4, -0.2) is 6.61 Å². The Bertz CT molecular complexity index is 454. The summed E-state index contributed by atoms with van der Waals surface area (Å²) in [5.74, 6) is 0.935. The molecule has 0 amide bonds. The van der Waals surface area contributed by atoms with E-state index in [2.05, 4.69) is 38.1 Å². The molecule has 0 aliphatic carbocycles. The fourth-order valence-corrected chi connectivity index (χ4v) is 1.66. The first kappa shape index (κ1) is 11.7. The van der Waals surface area contributed by atoms with Crippen molar-refractivity contribution in [2.75, 3.05) is 6.61 Å². The summed E-state index contributed by atoms with van der Waals surface area (Å²) in [7, 11) is 0. The van der Waals surface area contributed by atoms with E-state index in [1.165, 1.54) is 11.1 Å². The number of ether oxygens (including phenoxy) is 1. The minimum absolute atomic E-state index is 0.773. The zero-order valence-electron chi connectivity index (χ0n) is 10.1. The van der Waals surface area contributed by atoms with Crippen molar-refractivity contribution in [1.82, 2.24) is 0 Å². The molecule has 1 radical (unpaired) electrons. The van der Waals surface area contributed by atoms with Gasteiger partial charge in [0, 0.05) is 0 Å². The average molecular weight is 225 g/mol. The molecule has 0 aromatic heterocycles. The van der Waals surface area contributed by atoms with Crippen LogP contribution in [0.3, 0.4) is 0 Å². The van der Waals surface area contributed by atoms with Gasteiger partial charge in [0.2, 0.25) is 0 Å². The van der Waals surface area contributed by atoms with Crippen LogP contribution < -0.4 is 4.74 Å². The maximum absolute atomic E-state index is 5.56. The Morgan fingerprint density at radius 1 is 0.882 bits per heavy atom. The highest BCUT2D eigenvalue weighted by Gasteiger charge is 1.98. The lowest BCUT2D eigenvalue weighted by molar-refractivity contribution is 0.317. The molecule has 2 rings (SSSR count). The molecular weight excluding hydrogens is 208 g/mol. The first-order valence-corrected chi connectivity index (χ1v) is 5.95. The van der Waals surface area contributed by atoms with E-state index >= 15 is 0 Å². The van der Waals surface area contributed by atoms with E-state index in [4.69, 9.17) is 4.74 Å². The molecule has 87 valence electrons. The Balaban J connectivity index is 2.14. The Kier molecular flexibility index (Phi) is 3.81. The second kappa shape index (κ2) is 5.53. The van der Waals surface area contributed by atoms with Gasteiger partial charge in [0.05, 0.1) is 6.61 Å². The monoisotopic (exact) mass is 225 g/mol. The van der Waals surface area contributed by atoms with Gasteiger partial charge in [-0.2, -0.15) is 0 Å². The van der Waals surface area contributed by atoms with Gasteiger partial charge in [0.1, 0.15) is 5.75 Å². The van der Waals surface area contributed by atoms with Crippen molar-refractivity contribution in [3.05, 3.63) is 61.0 Å². The number of hydrogen-bond donors (Lipinski definition) is 0. The van der Waals surface area contributed by atoms with Crippen molar-refractivity contribution in [2.45, 2.75) is 13.3 Å². The Morgan fingerprint density at radius 2 is 1.41 bits per heavy atom. The lowest BCUT2D eigenvalue weighted by Crippen LogP contribution is -1.94. The SMILES string of the molecule is [CH2]c1ccc(-c2ccc(OCCC)cc2)cc1. The molecule has 0 atom stereocenters. The maximum atomic E-state index is 5.56. The van der Waals surface area contributed by atoms with E-state index in [1.54, 1.807) is 0 Å². The van der Waals surface area contributed by atoms with Gasteiger partial charge in [-0.3, -0.25) is 0 Å². The molecule has 0 unspecified atom stereocenters. The predicted molar refractivity (Wildman–Crippen MR) is 72.1 cm³/mol. The van der Waals surface area contributed by atoms with Crippen LogP contribution in [0.2, 0.25) is 0 Å². The van der Waals surface area contributed by atoms with Crippen LogP contribution in [0.5, 0.6) is 5.75 Å².